The number of carbonyl (C=O) groups excluding carboxylic acids is 4. The molecule has 2 saturated heterocycles. The molecule has 5 aromatic rings. The van der Waals surface area contributed by atoms with E-state index < -0.39 is 24.3 Å². The molecule has 3 aromatic carbocycles. The number of nitrogens with one attached hydrogen (secondary N) is 4. The normalized spacial score (nSPS) is 23.3. The molecule has 4 aliphatic rings. The van der Waals surface area contributed by atoms with Gasteiger partial charge < -0.3 is 39.9 Å². The van der Waals surface area contributed by atoms with Gasteiger partial charge >= 0.3 is 12.2 Å². The van der Waals surface area contributed by atoms with E-state index in [0.717, 1.165) is 58.8 Å². The third-order valence-electron chi connectivity index (χ3n) is 14.5. The van der Waals surface area contributed by atoms with Crippen molar-refractivity contribution < 1.29 is 28.7 Å². The maximum absolute atomic E-state index is 13.9. The summed E-state index contributed by atoms with van der Waals surface area (Å²) in [5, 5.41) is 5.49. The molecule has 4 heterocycles. The lowest BCUT2D eigenvalue weighted by Crippen LogP contribution is -2.51. The number of H-pyrrole nitrogens is 2. The van der Waals surface area contributed by atoms with E-state index in [0.29, 0.717) is 24.9 Å². The molecule has 2 aliphatic heterocycles. The number of fused-ring (bicyclic) bond motifs is 4. The number of rotatable bonds is 11. The largest absolute Gasteiger partial charge is 0.453 e. The summed E-state index contributed by atoms with van der Waals surface area (Å²) < 4.78 is 9.65. The Labute approximate surface area is 380 Å². The molecule has 14 heteroatoms. The van der Waals surface area contributed by atoms with Gasteiger partial charge in [-0.2, -0.15) is 0 Å². The van der Waals surface area contributed by atoms with Crippen molar-refractivity contribution in [3.63, 3.8) is 0 Å². The fourth-order valence-corrected chi connectivity index (χ4v) is 11.0. The van der Waals surface area contributed by atoms with E-state index in [1.54, 1.807) is 0 Å². The Morgan fingerprint density at radius 1 is 0.708 bits per heavy atom. The van der Waals surface area contributed by atoms with Gasteiger partial charge in [-0.3, -0.25) is 9.59 Å². The molecule has 0 bridgehead atoms. The van der Waals surface area contributed by atoms with Gasteiger partial charge in [0.05, 0.1) is 49.2 Å². The molecule has 3 fully saturated rings. The van der Waals surface area contributed by atoms with Crippen LogP contribution < -0.4 is 10.6 Å². The molecule has 4 amide bonds. The van der Waals surface area contributed by atoms with Crippen molar-refractivity contribution in [2.75, 3.05) is 27.3 Å². The van der Waals surface area contributed by atoms with Crippen LogP contribution in [0.1, 0.15) is 108 Å². The van der Waals surface area contributed by atoms with Crippen molar-refractivity contribution in [1.82, 2.24) is 40.4 Å². The Morgan fingerprint density at radius 2 is 1.28 bits per heavy atom. The van der Waals surface area contributed by atoms with E-state index in [2.05, 4.69) is 89.0 Å². The molecule has 9 rings (SSSR count). The molecule has 4 N–H and O–H groups in total. The quantitative estimate of drug-likeness (QED) is 0.102. The minimum absolute atomic E-state index is 0.112. The number of amides is 4. The SMILES string of the molecule is COC(=O)N[C@H](C(=O)N1C[C@@H](C)C[C@H]1c1ncc(-c2ccc(-c3ccc(-c4ccc5nc([C@@H]6C[C@H](C)CN6C(=O)[C@@H](NC(=O)OC)C(C)C)[nH]c5c4)c4c3C3CCC3C4)cc2)[nH]1)C(C)C. The molecule has 342 valence electrons. The first-order chi connectivity index (χ1) is 31.2. The maximum Gasteiger partial charge on any atom is 0.407 e. The molecular formula is C51H62N8O6. The van der Waals surface area contributed by atoms with Crippen molar-refractivity contribution in [3.8, 4) is 33.5 Å². The van der Waals surface area contributed by atoms with E-state index in [1.165, 1.54) is 54.9 Å². The predicted octanol–water partition coefficient (Wildman–Crippen LogP) is 8.92. The van der Waals surface area contributed by atoms with Gasteiger partial charge in [-0.1, -0.05) is 84.0 Å². The highest BCUT2D eigenvalue weighted by molar-refractivity contribution is 5.89. The highest BCUT2D eigenvalue weighted by Gasteiger charge is 2.44. The minimum Gasteiger partial charge on any atom is -0.453 e. The lowest BCUT2D eigenvalue weighted by molar-refractivity contribution is -0.136. The summed E-state index contributed by atoms with van der Waals surface area (Å²) in [5.74, 6) is 2.79. The summed E-state index contributed by atoms with van der Waals surface area (Å²) in [7, 11) is 2.61. The number of hydrogen-bond donors (Lipinski definition) is 4. The Kier molecular flexibility index (Phi) is 12.0. The van der Waals surface area contributed by atoms with Gasteiger partial charge in [-0.15, -0.1) is 0 Å². The van der Waals surface area contributed by atoms with Gasteiger partial charge in [0.2, 0.25) is 11.8 Å². The fraction of sp³-hybridized carbons (Fsp3) is 0.490. The Balaban J connectivity index is 0.957. The molecule has 8 atom stereocenters. The van der Waals surface area contributed by atoms with E-state index in [4.69, 9.17) is 19.4 Å². The summed E-state index contributed by atoms with van der Waals surface area (Å²) >= 11 is 0. The maximum atomic E-state index is 13.9. The number of alkyl carbamates (subject to hydrolysis) is 2. The van der Waals surface area contributed by atoms with Crippen LogP contribution in [0.5, 0.6) is 0 Å². The Morgan fingerprint density at radius 3 is 1.85 bits per heavy atom. The van der Waals surface area contributed by atoms with Gasteiger partial charge in [-0.05, 0) is 119 Å². The molecule has 0 spiro atoms. The average Bonchev–Trinajstić information content (AvgIpc) is 4.13. The van der Waals surface area contributed by atoms with Crippen LogP contribution in [0.15, 0.2) is 60.8 Å². The van der Waals surface area contributed by atoms with Crippen molar-refractivity contribution >= 4 is 35.0 Å². The van der Waals surface area contributed by atoms with E-state index in [9.17, 15) is 19.2 Å². The van der Waals surface area contributed by atoms with E-state index >= 15 is 0 Å². The zero-order valence-corrected chi connectivity index (χ0v) is 38.7. The number of carbonyl (C=O) groups is 4. The number of methoxy groups -OCH3 is 2. The van der Waals surface area contributed by atoms with E-state index in [-0.39, 0.29) is 47.6 Å². The summed E-state index contributed by atoms with van der Waals surface area (Å²) in [6, 6.07) is 17.9. The minimum atomic E-state index is -0.699. The van der Waals surface area contributed by atoms with Crippen LogP contribution in [0.3, 0.4) is 0 Å². The van der Waals surface area contributed by atoms with Crippen LogP contribution in [0.2, 0.25) is 0 Å². The second-order valence-electron chi connectivity index (χ2n) is 19.7. The lowest BCUT2D eigenvalue weighted by Gasteiger charge is -2.31. The van der Waals surface area contributed by atoms with Crippen LogP contribution in [-0.4, -0.2) is 93.1 Å². The van der Waals surface area contributed by atoms with Crippen molar-refractivity contribution in [2.24, 2.45) is 29.6 Å². The molecule has 2 aromatic heterocycles. The van der Waals surface area contributed by atoms with Crippen LogP contribution in [0, 0.1) is 29.6 Å². The first-order valence-corrected chi connectivity index (χ1v) is 23.3. The first kappa shape index (κ1) is 44.0. The molecular weight excluding hydrogens is 821 g/mol. The second-order valence-corrected chi connectivity index (χ2v) is 19.7. The van der Waals surface area contributed by atoms with Crippen LogP contribution in [-0.2, 0) is 25.5 Å². The summed E-state index contributed by atoms with van der Waals surface area (Å²) in [6.07, 6.45) is 5.68. The number of aromatic nitrogens is 4. The van der Waals surface area contributed by atoms with Gasteiger partial charge in [0.15, 0.2) is 0 Å². The standard InChI is InChI=1S/C51H62N8O6/c1-26(2)44(56-50(62)64-7)48(60)58-24-28(5)19-41(58)46-52-23-40(55-46)31-11-9-30(10-12-31)35-17-16-34(37-21-32-13-15-36(32)43(35)37)33-14-18-38-39(22-33)54-47(53-38)42-20-29(6)25-59(42)49(61)45(27(3)4)57-51(63)65-8/h9-12,14,16-18,22-23,26-29,32,36,41-42,44-45H,13,15,19-21,24-25H2,1-8H3,(H,52,55)(H,53,54)(H,56,62)(H,57,63)/t28-,29-,32?,36?,41-,42-,44-,45-/m0/s1. The summed E-state index contributed by atoms with van der Waals surface area (Å²) in [6.45, 7) is 13.2. The molecule has 1 saturated carbocycles. The molecule has 14 nitrogen and oxygen atoms in total. The zero-order valence-electron chi connectivity index (χ0n) is 38.7. The third kappa shape index (κ3) is 8.25. The molecule has 0 radical (unpaired) electrons. The second kappa shape index (κ2) is 17.7. The Bertz CT molecular complexity index is 2620. The smallest absolute Gasteiger partial charge is 0.407 e. The number of nitrogens with zero attached hydrogens (tertiary/aromatic N) is 4. The highest BCUT2D eigenvalue weighted by Crippen LogP contribution is 2.56. The van der Waals surface area contributed by atoms with Gasteiger partial charge in [0.25, 0.3) is 0 Å². The van der Waals surface area contributed by atoms with Crippen LogP contribution in [0.4, 0.5) is 9.59 Å². The van der Waals surface area contributed by atoms with Crippen molar-refractivity contribution in [1.29, 1.82) is 0 Å². The zero-order chi connectivity index (χ0) is 45.8. The van der Waals surface area contributed by atoms with E-state index in [1.807, 2.05) is 43.7 Å². The van der Waals surface area contributed by atoms with Crippen LogP contribution >= 0.6 is 0 Å². The lowest BCUT2D eigenvalue weighted by atomic mass is 9.73. The Hall–Kier alpha value is -6.18. The number of ether oxygens (including phenoxy) is 2. The monoisotopic (exact) mass is 882 g/mol. The first-order valence-electron chi connectivity index (χ1n) is 23.3. The fourth-order valence-electron chi connectivity index (χ4n) is 11.0. The third-order valence-corrected chi connectivity index (χ3v) is 14.5. The number of likely N-dealkylation sites (tertiary alicyclic amines) is 2. The van der Waals surface area contributed by atoms with Crippen molar-refractivity contribution in [3.05, 3.63) is 83.6 Å². The number of benzene rings is 3. The molecule has 2 aliphatic carbocycles. The average molecular weight is 883 g/mol. The van der Waals surface area contributed by atoms with Gasteiger partial charge in [0, 0.05) is 13.1 Å². The number of aromatic amines is 2. The summed E-state index contributed by atoms with van der Waals surface area (Å²) in [5.41, 5.74) is 11.5. The topological polar surface area (TPSA) is 175 Å². The van der Waals surface area contributed by atoms with Gasteiger partial charge in [-0.25, -0.2) is 19.6 Å². The predicted molar refractivity (Wildman–Crippen MR) is 249 cm³/mol. The summed E-state index contributed by atoms with van der Waals surface area (Å²) in [4.78, 5) is 72.7. The number of hydrogen-bond acceptors (Lipinski definition) is 8. The molecule has 2 unspecified atom stereocenters. The van der Waals surface area contributed by atoms with Crippen LogP contribution in [0.25, 0.3) is 44.5 Å². The van der Waals surface area contributed by atoms with Gasteiger partial charge in [0.1, 0.15) is 23.7 Å². The number of imidazole rings is 2. The molecule has 65 heavy (non-hydrogen) atoms. The highest BCUT2D eigenvalue weighted by atomic mass is 16.5. The van der Waals surface area contributed by atoms with Crippen molar-refractivity contribution in [2.45, 2.75) is 104 Å².